The van der Waals surface area contributed by atoms with E-state index in [0.29, 0.717) is 41.8 Å². The fourth-order valence-electron chi connectivity index (χ4n) is 3.49. The van der Waals surface area contributed by atoms with Crippen molar-refractivity contribution in [3.63, 3.8) is 0 Å². The van der Waals surface area contributed by atoms with E-state index in [4.69, 9.17) is 16.0 Å². The molecule has 6 nitrogen and oxygen atoms in total. The molecule has 4 rings (SSSR count). The van der Waals surface area contributed by atoms with Crippen molar-refractivity contribution >= 4 is 17.5 Å². The topological polar surface area (TPSA) is 75.0 Å². The van der Waals surface area contributed by atoms with Gasteiger partial charge in [0.15, 0.2) is 11.7 Å². The van der Waals surface area contributed by atoms with Crippen molar-refractivity contribution in [1.29, 1.82) is 0 Å². The number of aryl methyl sites for hydroxylation is 2. The van der Waals surface area contributed by atoms with Crippen molar-refractivity contribution in [2.75, 3.05) is 13.6 Å². The van der Waals surface area contributed by atoms with E-state index in [1.165, 1.54) is 12.1 Å². The zero-order valence-electron chi connectivity index (χ0n) is 18.2. The van der Waals surface area contributed by atoms with Gasteiger partial charge in [0, 0.05) is 48.3 Å². The number of nitrogens with zero attached hydrogens (tertiary/aromatic N) is 3. The minimum absolute atomic E-state index is 0.0336. The third-order valence-electron chi connectivity index (χ3n) is 5.35. The van der Waals surface area contributed by atoms with Gasteiger partial charge in [0.2, 0.25) is 5.91 Å². The number of aromatic amines is 1. The lowest BCUT2D eigenvalue weighted by molar-refractivity contribution is -0.130. The molecule has 170 valence electrons. The summed E-state index contributed by atoms with van der Waals surface area (Å²) < 4.78 is 19.2. The van der Waals surface area contributed by atoms with Gasteiger partial charge in [-0.3, -0.25) is 9.89 Å². The van der Waals surface area contributed by atoms with Crippen LogP contribution in [0.3, 0.4) is 0 Å². The number of hydrogen-bond acceptors (Lipinski definition) is 4. The summed E-state index contributed by atoms with van der Waals surface area (Å²) in [7, 11) is 1.79. The molecule has 0 aliphatic rings. The van der Waals surface area contributed by atoms with Crippen LogP contribution in [0.5, 0.6) is 0 Å². The van der Waals surface area contributed by atoms with Crippen molar-refractivity contribution in [2.45, 2.75) is 25.7 Å². The first-order valence-electron chi connectivity index (χ1n) is 10.7. The largest absolute Gasteiger partial charge is 0.441 e. The molecule has 0 bridgehead atoms. The molecule has 0 fully saturated rings. The average Bonchev–Trinajstić information content (AvgIpc) is 3.48. The van der Waals surface area contributed by atoms with Gasteiger partial charge in [0.1, 0.15) is 5.82 Å². The van der Waals surface area contributed by atoms with Crippen LogP contribution in [0.15, 0.2) is 65.2 Å². The number of carbonyl (C=O) groups excluding carboxylic acids is 1. The summed E-state index contributed by atoms with van der Waals surface area (Å²) in [4.78, 5) is 18.5. The summed E-state index contributed by atoms with van der Waals surface area (Å²) in [6, 6.07) is 15.6. The van der Waals surface area contributed by atoms with Crippen molar-refractivity contribution in [2.24, 2.45) is 0 Å². The third-order valence-corrected chi connectivity index (χ3v) is 5.60. The number of halogens is 2. The van der Waals surface area contributed by atoms with E-state index < -0.39 is 0 Å². The predicted molar refractivity (Wildman–Crippen MR) is 125 cm³/mol. The van der Waals surface area contributed by atoms with E-state index in [2.05, 4.69) is 15.2 Å². The first kappa shape index (κ1) is 22.7. The van der Waals surface area contributed by atoms with Gasteiger partial charge < -0.3 is 9.32 Å². The predicted octanol–water partition coefficient (Wildman–Crippen LogP) is 5.55. The van der Waals surface area contributed by atoms with E-state index >= 15 is 0 Å². The van der Waals surface area contributed by atoms with Gasteiger partial charge >= 0.3 is 0 Å². The maximum Gasteiger partial charge on any atom is 0.222 e. The average molecular weight is 467 g/mol. The molecule has 0 aliphatic heterocycles. The van der Waals surface area contributed by atoms with Crippen LogP contribution in [0.25, 0.3) is 22.6 Å². The molecule has 8 heteroatoms. The molecule has 0 saturated heterocycles. The molecule has 2 heterocycles. The molecule has 0 atom stereocenters. The Bertz CT molecular complexity index is 1220. The van der Waals surface area contributed by atoms with Gasteiger partial charge in [-0.15, -0.1) is 0 Å². The van der Waals surface area contributed by atoms with E-state index in [9.17, 15) is 9.18 Å². The standard InChI is InChI=1S/C25H24ClFN4O2/c1-31(13-3-6-21-15-22(30-29-21)18-4-2-5-20(27)14-18)25(32)12-11-24-28-16-23(33-24)17-7-9-19(26)10-8-17/h2,4-5,7-10,14-16H,3,6,11-13H2,1H3,(H,29,30). The number of benzene rings is 2. The number of amides is 1. The number of rotatable bonds is 9. The summed E-state index contributed by atoms with van der Waals surface area (Å²) in [6.45, 7) is 0.620. The second-order valence-electron chi connectivity index (χ2n) is 7.83. The molecular weight excluding hydrogens is 443 g/mol. The lowest BCUT2D eigenvalue weighted by Gasteiger charge is -2.16. The second-order valence-corrected chi connectivity index (χ2v) is 8.27. The Morgan fingerprint density at radius 3 is 2.73 bits per heavy atom. The highest BCUT2D eigenvalue weighted by molar-refractivity contribution is 6.30. The molecule has 33 heavy (non-hydrogen) atoms. The first-order valence-corrected chi connectivity index (χ1v) is 11.1. The zero-order valence-corrected chi connectivity index (χ0v) is 19.0. The van der Waals surface area contributed by atoms with Gasteiger partial charge in [0.05, 0.1) is 11.9 Å². The van der Waals surface area contributed by atoms with Crippen LogP contribution in [0, 0.1) is 5.82 Å². The Morgan fingerprint density at radius 1 is 1.12 bits per heavy atom. The van der Waals surface area contributed by atoms with Crippen LogP contribution in [-0.2, 0) is 17.6 Å². The van der Waals surface area contributed by atoms with Crippen LogP contribution in [0.1, 0.15) is 24.4 Å². The summed E-state index contributed by atoms with van der Waals surface area (Å²) in [5.41, 5.74) is 3.28. The Labute approximate surface area is 196 Å². The van der Waals surface area contributed by atoms with Crippen molar-refractivity contribution < 1.29 is 13.6 Å². The van der Waals surface area contributed by atoms with Crippen LogP contribution < -0.4 is 0 Å². The van der Waals surface area contributed by atoms with Gasteiger partial charge in [-0.25, -0.2) is 9.37 Å². The fourth-order valence-corrected chi connectivity index (χ4v) is 3.62. The Kier molecular flexibility index (Phi) is 7.19. The molecule has 2 aromatic heterocycles. The molecule has 0 aliphatic carbocycles. The van der Waals surface area contributed by atoms with E-state index in [-0.39, 0.29) is 11.7 Å². The number of oxazole rings is 1. The highest BCUT2D eigenvalue weighted by Gasteiger charge is 2.13. The normalized spacial score (nSPS) is 11.0. The molecule has 0 spiro atoms. The number of aromatic nitrogens is 3. The number of carbonyl (C=O) groups is 1. The maximum absolute atomic E-state index is 13.4. The van der Waals surface area contributed by atoms with Crippen molar-refractivity contribution in [1.82, 2.24) is 20.1 Å². The Balaban J connectivity index is 1.21. The molecule has 0 saturated carbocycles. The molecule has 0 radical (unpaired) electrons. The number of hydrogen-bond donors (Lipinski definition) is 1. The molecule has 4 aromatic rings. The highest BCUT2D eigenvalue weighted by Crippen LogP contribution is 2.23. The van der Waals surface area contributed by atoms with Gasteiger partial charge in [-0.05, 0) is 55.3 Å². The molecule has 2 aromatic carbocycles. The smallest absolute Gasteiger partial charge is 0.222 e. The molecule has 0 unspecified atom stereocenters. The zero-order chi connectivity index (χ0) is 23.2. The van der Waals surface area contributed by atoms with Gasteiger partial charge in [-0.2, -0.15) is 5.10 Å². The highest BCUT2D eigenvalue weighted by atomic mass is 35.5. The first-order chi connectivity index (χ1) is 16.0. The minimum atomic E-state index is -0.289. The van der Waals surface area contributed by atoms with E-state index in [0.717, 1.165) is 29.7 Å². The Hall–Kier alpha value is -3.45. The molecule has 1 amide bonds. The fraction of sp³-hybridized carbons (Fsp3) is 0.240. The lowest BCUT2D eigenvalue weighted by Crippen LogP contribution is -2.28. The van der Waals surface area contributed by atoms with Gasteiger partial charge in [0.25, 0.3) is 0 Å². The summed E-state index contributed by atoms with van der Waals surface area (Å²) in [6.07, 6.45) is 3.95. The Morgan fingerprint density at radius 2 is 1.94 bits per heavy atom. The minimum Gasteiger partial charge on any atom is -0.441 e. The SMILES string of the molecule is CN(CCCc1cc(-c2cccc(F)c2)n[nH]1)C(=O)CCc1ncc(-c2ccc(Cl)cc2)o1. The quantitative estimate of drug-likeness (QED) is 0.351. The van der Waals surface area contributed by atoms with Crippen LogP contribution in [-0.4, -0.2) is 39.6 Å². The summed E-state index contributed by atoms with van der Waals surface area (Å²) >= 11 is 5.92. The van der Waals surface area contributed by atoms with E-state index in [1.807, 2.05) is 24.3 Å². The van der Waals surface area contributed by atoms with Crippen LogP contribution in [0.4, 0.5) is 4.39 Å². The maximum atomic E-state index is 13.4. The van der Waals surface area contributed by atoms with E-state index in [1.54, 1.807) is 36.3 Å². The van der Waals surface area contributed by atoms with Crippen LogP contribution >= 0.6 is 11.6 Å². The van der Waals surface area contributed by atoms with Gasteiger partial charge in [-0.1, -0.05) is 23.7 Å². The van der Waals surface area contributed by atoms with Crippen LogP contribution in [0.2, 0.25) is 5.02 Å². The summed E-state index contributed by atoms with van der Waals surface area (Å²) in [5, 5.41) is 7.90. The second kappa shape index (κ2) is 10.4. The molecule has 1 N–H and O–H groups in total. The lowest BCUT2D eigenvalue weighted by atomic mass is 10.1. The van der Waals surface area contributed by atoms with Crippen molar-refractivity contribution in [3.8, 4) is 22.6 Å². The monoisotopic (exact) mass is 466 g/mol. The third kappa shape index (κ3) is 6.08. The van der Waals surface area contributed by atoms with Crippen molar-refractivity contribution in [3.05, 3.63) is 83.2 Å². The number of H-pyrrole nitrogens is 1. The summed E-state index contributed by atoms with van der Waals surface area (Å²) in [5.74, 6) is 0.929. The number of nitrogens with one attached hydrogen (secondary N) is 1. The molecular formula is C25H24ClFN4O2.